The normalized spacial score (nSPS) is 12.8. The lowest BCUT2D eigenvalue weighted by atomic mass is 10.1. The molecule has 1 atom stereocenters. The molecular weight excluding hydrogens is 296 g/mol. The molecular formula is C17H25ClN4. The summed E-state index contributed by atoms with van der Waals surface area (Å²) < 4.78 is 0. The number of benzene rings is 1. The van der Waals surface area contributed by atoms with Gasteiger partial charge in [0.2, 0.25) is 0 Å². The van der Waals surface area contributed by atoms with Gasteiger partial charge in [0.15, 0.2) is 5.82 Å². The minimum atomic E-state index is 0.367. The highest BCUT2D eigenvalue weighted by molar-refractivity contribution is 6.31. The molecule has 1 aromatic carbocycles. The molecule has 5 heteroatoms. The van der Waals surface area contributed by atoms with E-state index in [2.05, 4.69) is 41.2 Å². The first-order chi connectivity index (χ1) is 10.6. The van der Waals surface area contributed by atoms with Crippen molar-refractivity contribution in [2.75, 3.05) is 25.0 Å². The highest BCUT2D eigenvalue weighted by Gasteiger charge is 2.08. The quantitative estimate of drug-likeness (QED) is 0.791. The first-order valence-corrected chi connectivity index (χ1v) is 8.41. The molecule has 0 aliphatic rings. The van der Waals surface area contributed by atoms with Crippen molar-refractivity contribution < 1.29 is 0 Å². The topological polar surface area (TPSA) is 41.0 Å². The third-order valence-electron chi connectivity index (χ3n) is 4.01. The molecule has 22 heavy (non-hydrogen) atoms. The first-order valence-electron chi connectivity index (χ1n) is 8.03. The zero-order valence-electron chi connectivity index (χ0n) is 13.6. The maximum Gasteiger partial charge on any atom is 0.156 e. The van der Waals surface area contributed by atoms with Gasteiger partial charge in [0.05, 0.1) is 6.20 Å². The van der Waals surface area contributed by atoms with Crippen LogP contribution in [-0.2, 0) is 0 Å². The Morgan fingerprint density at radius 2 is 2.05 bits per heavy atom. The molecule has 0 bridgehead atoms. The van der Waals surface area contributed by atoms with Gasteiger partial charge in [-0.15, -0.1) is 5.10 Å². The Balaban J connectivity index is 1.95. The minimum absolute atomic E-state index is 0.367. The molecule has 1 aromatic heterocycles. The van der Waals surface area contributed by atoms with Crippen LogP contribution in [0.3, 0.4) is 0 Å². The molecule has 0 aliphatic heterocycles. The van der Waals surface area contributed by atoms with Crippen molar-refractivity contribution in [1.29, 1.82) is 0 Å². The lowest BCUT2D eigenvalue weighted by Gasteiger charge is -2.20. The van der Waals surface area contributed by atoms with Gasteiger partial charge in [-0.1, -0.05) is 25.4 Å². The van der Waals surface area contributed by atoms with Crippen molar-refractivity contribution in [3.05, 3.63) is 29.4 Å². The summed E-state index contributed by atoms with van der Waals surface area (Å²) in [6, 6.07) is 6.17. The zero-order chi connectivity index (χ0) is 15.9. The van der Waals surface area contributed by atoms with Gasteiger partial charge in [0.1, 0.15) is 0 Å². The summed E-state index contributed by atoms with van der Waals surface area (Å²) in [5.41, 5.74) is 0. The van der Waals surface area contributed by atoms with Crippen LogP contribution in [0.25, 0.3) is 10.8 Å². The van der Waals surface area contributed by atoms with Crippen molar-refractivity contribution in [2.45, 2.75) is 39.7 Å². The second-order valence-electron chi connectivity index (χ2n) is 5.64. The van der Waals surface area contributed by atoms with Crippen LogP contribution in [0.1, 0.15) is 33.6 Å². The van der Waals surface area contributed by atoms with Crippen LogP contribution in [0, 0.1) is 0 Å². The molecule has 2 aromatic rings. The fourth-order valence-corrected chi connectivity index (χ4v) is 2.81. The van der Waals surface area contributed by atoms with E-state index in [1.54, 1.807) is 6.20 Å². The molecule has 0 aliphatic carbocycles. The van der Waals surface area contributed by atoms with Crippen LogP contribution in [0.4, 0.5) is 5.82 Å². The van der Waals surface area contributed by atoms with E-state index in [0.717, 1.165) is 47.7 Å². The molecule has 4 nitrogen and oxygen atoms in total. The number of hydrogen-bond donors (Lipinski definition) is 1. The number of fused-ring (bicyclic) bond motifs is 1. The molecule has 120 valence electrons. The van der Waals surface area contributed by atoms with E-state index in [1.807, 2.05) is 18.2 Å². The van der Waals surface area contributed by atoms with E-state index in [1.165, 1.54) is 6.42 Å². The molecule has 0 fully saturated rings. The van der Waals surface area contributed by atoms with E-state index >= 15 is 0 Å². The van der Waals surface area contributed by atoms with Crippen LogP contribution in [0.15, 0.2) is 24.4 Å². The smallest absolute Gasteiger partial charge is 0.156 e. The average molecular weight is 321 g/mol. The second kappa shape index (κ2) is 8.30. The minimum Gasteiger partial charge on any atom is -0.366 e. The van der Waals surface area contributed by atoms with Crippen LogP contribution in [0.2, 0.25) is 5.02 Å². The fraction of sp³-hybridized carbons (Fsp3) is 0.529. The van der Waals surface area contributed by atoms with Crippen LogP contribution in [-0.4, -0.2) is 40.8 Å². The van der Waals surface area contributed by atoms with Gasteiger partial charge in [-0.3, -0.25) is 0 Å². The summed E-state index contributed by atoms with van der Waals surface area (Å²) in [7, 11) is 0. The Bertz CT molecular complexity index is 598. The number of nitrogens with zero attached hydrogens (tertiary/aromatic N) is 3. The van der Waals surface area contributed by atoms with Crippen molar-refractivity contribution >= 4 is 28.2 Å². The molecule has 0 spiro atoms. The van der Waals surface area contributed by atoms with E-state index in [9.17, 15) is 0 Å². The molecule has 2 rings (SSSR count). The van der Waals surface area contributed by atoms with Gasteiger partial charge in [-0.25, -0.2) is 0 Å². The predicted octanol–water partition coefficient (Wildman–Crippen LogP) is 4.21. The lowest BCUT2D eigenvalue weighted by molar-refractivity contribution is 0.295. The van der Waals surface area contributed by atoms with Gasteiger partial charge in [0, 0.05) is 21.8 Å². The Labute approximate surface area is 137 Å². The second-order valence-corrected chi connectivity index (χ2v) is 6.08. The molecule has 0 radical (unpaired) electrons. The van der Waals surface area contributed by atoms with Gasteiger partial charge in [-0.05, 0) is 57.6 Å². The summed E-state index contributed by atoms with van der Waals surface area (Å²) >= 11 is 6.03. The SMILES string of the molecule is CCN(CC)CCC[C@H](C)Nc1nncc2cc(Cl)ccc12. The number of aromatic nitrogens is 2. The monoisotopic (exact) mass is 320 g/mol. The number of nitrogens with one attached hydrogen (secondary N) is 1. The Hall–Kier alpha value is -1.39. The van der Waals surface area contributed by atoms with E-state index in [4.69, 9.17) is 11.6 Å². The third-order valence-corrected chi connectivity index (χ3v) is 4.25. The fourth-order valence-electron chi connectivity index (χ4n) is 2.63. The summed E-state index contributed by atoms with van der Waals surface area (Å²) in [4.78, 5) is 2.45. The van der Waals surface area contributed by atoms with Crippen molar-refractivity contribution in [3.63, 3.8) is 0 Å². The number of hydrogen-bond acceptors (Lipinski definition) is 4. The van der Waals surface area contributed by atoms with E-state index < -0.39 is 0 Å². The standard InChI is InChI=1S/C17H25ClN4/c1-4-22(5-2)10-6-7-13(3)20-17-16-9-8-15(18)11-14(16)12-19-21-17/h8-9,11-13H,4-7,10H2,1-3H3,(H,20,21)/t13-/m0/s1. The molecule has 0 saturated heterocycles. The van der Waals surface area contributed by atoms with Gasteiger partial charge in [-0.2, -0.15) is 5.10 Å². The van der Waals surface area contributed by atoms with Crippen LogP contribution in [0.5, 0.6) is 0 Å². The molecule has 0 amide bonds. The Kier molecular flexibility index (Phi) is 6.40. The maximum atomic E-state index is 6.03. The molecule has 1 heterocycles. The zero-order valence-corrected chi connectivity index (χ0v) is 14.4. The van der Waals surface area contributed by atoms with E-state index in [-0.39, 0.29) is 0 Å². The average Bonchev–Trinajstić information content (AvgIpc) is 2.51. The van der Waals surface area contributed by atoms with Crippen molar-refractivity contribution in [3.8, 4) is 0 Å². The molecule has 0 saturated carbocycles. The van der Waals surface area contributed by atoms with Crippen LogP contribution < -0.4 is 5.32 Å². The number of anilines is 1. The summed E-state index contributed by atoms with van der Waals surface area (Å²) in [6.45, 7) is 10.0. The van der Waals surface area contributed by atoms with E-state index in [0.29, 0.717) is 6.04 Å². The van der Waals surface area contributed by atoms with Crippen molar-refractivity contribution in [1.82, 2.24) is 15.1 Å². The predicted molar refractivity (Wildman–Crippen MR) is 94.7 cm³/mol. The van der Waals surface area contributed by atoms with Gasteiger partial charge < -0.3 is 10.2 Å². The summed E-state index contributed by atoms with van der Waals surface area (Å²) in [5, 5.41) is 14.6. The van der Waals surface area contributed by atoms with Gasteiger partial charge >= 0.3 is 0 Å². The maximum absolute atomic E-state index is 6.03. The summed E-state index contributed by atoms with van der Waals surface area (Å²) in [5.74, 6) is 0.838. The largest absolute Gasteiger partial charge is 0.366 e. The molecule has 0 unspecified atom stereocenters. The van der Waals surface area contributed by atoms with Crippen molar-refractivity contribution in [2.24, 2.45) is 0 Å². The Morgan fingerprint density at radius 1 is 1.27 bits per heavy atom. The van der Waals surface area contributed by atoms with Gasteiger partial charge in [0.25, 0.3) is 0 Å². The third kappa shape index (κ3) is 4.55. The molecule has 1 N–H and O–H groups in total. The number of rotatable bonds is 8. The Morgan fingerprint density at radius 3 is 2.77 bits per heavy atom. The first kappa shape index (κ1) is 17.0. The highest BCUT2D eigenvalue weighted by Crippen LogP contribution is 2.24. The number of halogens is 1. The lowest BCUT2D eigenvalue weighted by Crippen LogP contribution is -2.25. The van der Waals surface area contributed by atoms with Crippen LogP contribution >= 0.6 is 11.6 Å². The summed E-state index contributed by atoms with van der Waals surface area (Å²) in [6.07, 6.45) is 4.04. The highest BCUT2D eigenvalue weighted by atomic mass is 35.5.